The van der Waals surface area contributed by atoms with Crippen LogP contribution in [0.15, 0.2) is 40.7 Å². The first kappa shape index (κ1) is 23.0. The summed E-state index contributed by atoms with van der Waals surface area (Å²) in [5.74, 6) is 0.273. The highest BCUT2D eigenvalue weighted by molar-refractivity contribution is 7.90. The van der Waals surface area contributed by atoms with E-state index in [0.717, 1.165) is 36.2 Å². The molecule has 0 unspecified atom stereocenters. The zero-order valence-electron chi connectivity index (χ0n) is 16.9. The molecular weight excluding hydrogens is 485 g/mol. The molecule has 0 bridgehead atoms. The van der Waals surface area contributed by atoms with Gasteiger partial charge in [-0.15, -0.1) is 11.3 Å². The van der Waals surface area contributed by atoms with Gasteiger partial charge in [-0.05, 0) is 30.8 Å². The Labute approximate surface area is 192 Å². The van der Waals surface area contributed by atoms with Gasteiger partial charge in [-0.2, -0.15) is 13.2 Å². The Morgan fingerprint density at radius 2 is 1.97 bits per heavy atom. The molecule has 1 aliphatic rings. The number of alkyl halides is 3. The van der Waals surface area contributed by atoms with E-state index in [-0.39, 0.29) is 15.7 Å². The maximum atomic E-state index is 13.6. The molecule has 2 aromatic heterocycles. The maximum Gasteiger partial charge on any atom is 0.420 e. The Morgan fingerprint density at radius 3 is 2.56 bits per heavy atom. The number of nitrogens with zero attached hydrogens (tertiary/aromatic N) is 3. The van der Waals surface area contributed by atoms with Crippen LogP contribution in [0.3, 0.4) is 0 Å². The number of hydrogen-bond donors (Lipinski definition) is 1. The minimum atomic E-state index is -4.71. The van der Waals surface area contributed by atoms with Gasteiger partial charge in [0, 0.05) is 36.8 Å². The molecule has 1 saturated heterocycles. The number of likely N-dealkylation sites (tertiary alicyclic amines) is 1. The summed E-state index contributed by atoms with van der Waals surface area (Å²) >= 11 is 7.15. The summed E-state index contributed by atoms with van der Waals surface area (Å²) in [6, 6.07) is 6.67. The Balaban J connectivity index is 1.71. The number of rotatable bonds is 5. The number of benzene rings is 1. The number of halogens is 4. The van der Waals surface area contributed by atoms with Gasteiger partial charge in [0.15, 0.2) is 9.84 Å². The van der Waals surface area contributed by atoms with Gasteiger partial charge >= 0.3 is 6.18 Å². The van der Waals surface area contributed by atoms with Gasteiger partial charge in [-0.1, -0.05) is 17.7 Å². The summed E-state index contributed by atoms with van der Waals surface area (Å²) in [7, 11) is -1.55. The molecule has 0 aliphatic carbocycles. The molecular formula is C20H18ClF3N4O2S2. The number of anilines is 2. The van der Waals surface area contributed by atoms with Crippen molar-refractivity contribution in [2.24, 2.45) is 0 Å². The van der Waals surface area contributed by atoms with Gasteiger partial charge < -0.3 is 10.2 Å². The number of aromatic nitrogens is 2. The molecule has 0 radical (unpaired) electrons. The number of hydrogen-bond acceptors (Lipinski definition) is 7. The molecule has 1 aliphatic heterocycles. The fraction of sp³-hybridized carbons (Fsp3) is 0.300. The van der Waals surface area contributed by atoms with Crippen LogP contribution in [-0.4, -0.2) is 49.7 Å². The third kappa shape index (κ3) is 4.75. The lowest BCUT2D eigenvalue weighted by atomic mass is 9.92. The largest absolute Gasteiger partial charge is 0.420 e. The molecule has 0 amide bonds. The molecule has 0 atom stereocenters. The molecule has 1 N–H and O–H groups in total. The maximum absolute atomic E-state index is 13.6. The van der Waals surface area contributed by atoms with Crippen LogP contribution in [0.25, 0.3) is 10.6 Å². The third-order valence-corrected chi connectivity index (χ3v) is 7.61. The Morgan fingerprint density at radius 1 is 1.25 bits per heavy atom. The average Bonchev–Trinajstić information content (AvgIpc) is 3.17. The van der Waals surface area contributed by atoms with Gasteiger partial charge in [0.05, 0.1) is 26.2 Å². The predicted octanol–water partition coefficient (Wildman–Crippen LogP) is 5.05. The quantitative estimate of drug-likeness (QED) is 0.526. The van der Waals surface area contributed by atoms with Crippen molar-refractivity contribution in [1.82, 2.24) is 14.9 Å². The molecule has 4 rings (SSSR count). The monoisotopic (exact) mass is 502 g/mol. The molecule has 32 heavy (non-hydrogen) atoms. The molecule has 0 spiro atoms. The number of sulfone groups is 1. The third-order valence-electron chi connectivity index (χ3n) is 5.10. The Kier molecular flexibility index (Phi) is 5.95. The zero-order chi connectivity index (χ0) is 23.3. The van der Waals surface area contributed by atoms with Crippen LogP contribution in [0.5, 0.6) is 0 Å². The molecule has 1 aromatic carbocycles. The summed E-state index contributed by atoms with van der Waals surface area (Å²) in [6.07, 6.45) is -3.04. The molecule has 0 saturated carbocycles. The van der Waals surface area contributed by atoms with Crippen molar-refractivity contribution in [3.63, 3.8) is 0 Å². The average molecular weight is 503 g/mol. The molecule has 1 fully saturated rings. The van der Waals surface area contributed by atoms with Crippen molar-refractivity contribution in [3.8, 4) is 10.6 Å². The first-order valence-corrected chi connectivity index (χ1v) is 12.5. The van der Waals surface area contributed by atoms with E-state index in [1.807, 2.05) is 19.2 Å². The van der Waals surface area contributed by atoms with E-state index in [9.17, 15) is 21.6 Å². The van der Waals surface area contributed by atoms with E-state index in [1.165, 1.54) is 11.4 Å². The van der Waals surface area contributed by atoms with Crippen LogP contribution < -0.4 is 5.32 Å². The van der Waals surface area contributed by atoms with Gasteiger partial charge in [-0.3, -0.25) is 0 Å². The summed E-state index contributed by atoms with van der Waals surface area (Å²) in [4.78, 5) is 10.1. The van der Waals surface area contributed by atoms with Crippen LogP contribution in [0, 0.1) is 0 Å². The summed E-state index contributed by atoms with van der Waals surface area (Å²) in [5, 5.41) is 4.57. The van der Waals surface area contributed by atoms with E-state index in [4.69, 9.17) is 11.6 Å². The van der Waals surface area contributed by atoms with Gasteiger partial charge in [0.1, 0.15) is 5.56 Å². The highest BCUT2D eigenvalue weighted by Gasteiger charge is 2.36. The van der Waals surface area contributed by atoms with E-state index >= 15 is 0 Å². The SMILES string of the molecule is CN1CC(c2ccc(Cl)c(Nc3ncc(C(F)(F)F)c(-c4cc(S(C)(=O)=O)cs4)n3)c2)C1. The fourth-order valence-electron chi connectivity index (χ4n) is 3.40. The second-order valence-electron chi connectivity index (χ2n) is 7.65. The van der Waals surface area contributed by atoms with Crippen molar-refractivity contribution in [2.75, 3.05) is 31.7 Å². The number of likely N-dealkylation sites (N-methyl/N-ethyl adjacent to an activating group) is 1. The van der Waals surface area contributed by atoms with Crippen molar-refractivity contribution >= 4 is 44.4 Å². The van der Waals surface area contributed by atoms with Crippen molar-refractivity contribution in [3.05, 3.63) is 52.0 Å². The molecule has 12 heteroatoms. The van der Waals surface area contributed by atoms with Gasteiger partial charge in [-0.25, -0.2) is 18.4 Å². The first-order valence-electron chi connectivity index (χ1n) is 9.40. The first-order chi connectivity index (χ1) is 14.9. The minimum Gasteiger partial charge on any atom is -0.323 e. The fourth-order valence-corrected chi connectivity index (χ4v) is 5.59. The Bertz CT molecular complexity index is 1270. The lowest BCUT2D eigenvalue weighted by molar-refractivity contribution is -0.137. The molecule has 6 nitrogen and oxygen atoms in total. The highest BCUT2D eigenvalue weighted by Crippen LogP contribution is 2.39. The molecule has 3 aromatic rings. The second-order valence-corrected chi connectivity index (χ2v) is 11.0. The van der Waals surface area contributed by atoms with Gasteiger partial charge in [0.2, 0.25) is 5.95 Å². The standard InChI is InChI=1S/C20H18ClF3N4O2S2/c1-28-8-12(9-28)11-3-4-15(21)16(5-11)26-19-25-7-14(20(22,23)24)18(27-19)17-6-13(10-31-17)32(2,29)30/h3-7,10,12H,8-9H2,1-2H3,(H,25,26,27). The zero-order valence-corrected chi connectivity index (χ0v) is 19.3. The van der Waals surface area contributed by atoms with Crippen LogP contribution in [-0.2, 0) is 16.0 Å². The van der Waals surface area contributed by atoms with Crippen molar-refractivity contribution in [2.45, 2.75) is 17.0 Å². The summed E-state index contributed by atoms with van der Waals surface area (Å²) in [5.41, 5.74) is 0.0794. The van der Waals surface area contributed by atoms with Gasteiger partial charge in [0.25, 0.3) is 0 Å². The lowest BCUT2D eigenvalue weighted by Gasteiger charge is -2.36. The van der Waals surface area contributed by atoms with Crippen LogP contribution in [0.1, 0.15) is 17.0 Å². The highest BCUT2D eigenvalue weighted by atomic mass is 35.5. The van der Waals surface area contributed by atoms with Crippen LogP contribution >= 0.6 is 22.9 Å². The molecule has 3 heterocycles. The van der Waals surface area contributed by atoms with E-state index in [1.54, 1.807) is 6.07 Å². The van der Waals surface area contributed by atoms with Crippen molar-refractivity contribution in [1.29, 1.82) is 0 Å². The second kappa shape index (κ2) is 8.29. The van der Waals surface area contributed by atoms with Crippen LogP contribution in [0.2, 0.25) is 5.02 Å². The van der Waals surface area contributed by atoms with E-state index < -0.39 is 27.3 Å². The minimum absolute atomic E-state index is 0.0695. The van der Waals surface area contributed by atoms with Crippen molar-refractivity contribution < 1.29 is 21.6 Å². The smallest absolute Gasteiger partial charge is 0.323 e. The number of nitrogens with one attached hydrogen (secondary N) is 1. The normalized spacial score (nSPS) is 15.6. The lowest BCUT2D eigenvalue weighted by Crippen LogP contribution is -2.41. The summed E-state index contributed by atoms with van der Waals surface area (Å²) in [6.45, 7) is 1.81. The van der Waals surface area contributed by atoms with E-state index in [2.05, 4.69) is 20.2 Å². The predicted molar refractivity (Wildman–Crippen MR) is 118 cm³/mol. The van der Waals surface area contributed by atoms with E-state index in [0.29, 0.717) is 22.8 Å². The topological polar surface area (TPSA) is 75.2 Å². The summed E-state index contributed by atoms with van der Waals surface area (Å²) < 4.78 is 64.3. The van der Waals surface area contributed by atoms with Crippen LogP contribution in [0.4, 0.5) is 24.8 Å². The number of thiophene rings is 1. The Hall–Kier alpha value is -2.21. The molecule has 170 valence electrons.